The summed E-state index contributed by atoms with van der Waals surface area (Å²) in [5.41, 5.74) is 7.45. The van der Waals surface area contributed by atoms with E-state index >= 15 is 0 Å². The van der Waals surface area contributed by atoms with Crippen molar-refractivity contribution in [3.8, 4) is 11.5 Å². The van der Waals surface area contributed by atoms with E-state index in [2.05, 4.69) is 10.3 Å². The van der Waals surface area contributed by atoms with Gasteiger partial charge in [0, 0.05) is 20.0 Å². The number of oxime groups is 1. The number of hydrogen-bond donors (Lipinski definition) is 1. The molecule has 2 N–H and O–H groups in total. The van der Waals surface area contributed by atoms with Crippen LogP contribution >= 0.6 is 11.3 Å². The van der Waals surface area contributed by atoms with Crippen molar-refractivity contribution in [2.24, 2.45) is 16.0 Å². The van der Waals surface area contributed by atoms with Crippen LogP contribution in [0.15, 0.2) is 46.0 Å². The Hall–Kier alpha value is -3.11. The molecule has 0 spiro atoms. The van der Waals surface area contributed by atoms with Gasteiger partial charge in [0.2, 0.25) is 0 Å². The molecule has 10 heteroatoms. The van der Waals surface area contributed by atoms with Gasteiger partial charge in [-0.15, -0.1) is 11.3 Å². The van der Waals surface area contributed by atoms with Gasteiger partial charge >= 0.3 is 0 Å². The summed E-state index contributed by atoms with van der Waals surface area (Å²) in [7, 11) is 4.73. The molecule has 1 aromatic carbocycles. The number of amides is 1. The van der Waals surface area contributed by atoms with Gasteiger partial charge in [-0.2, -0.15) is 5.10 Å². The summed E-state index contributed by atoms with van der Waals surface area (Å²) in [6.07, 6.45) is 0.990. The Labute approximate surface area is 185 Å². The molecule has 0 bridgehead atoms. The molecule has 9 nitrogen and oxygen atoms in total. The third-order valence-corrected chi connectivity index (χ3v) is 5.61. The first-order valence-electron chi connectivity index (χ1n) is 9.66. The number of carbonyl (C=O) groups excluding carboxylic acids is 1. The number of rotatable bonds is 10. The van der Waals surface area contributed by atoms with Crippen LogP contribution in [0.4, 0.5) is 0 Å². The number of amidine groups is 1. The highest BCUT2D eigenvalue weighted by molar-refractivity contribution is 7.12. The molecule has 1 aliphatic rings. The summed E-state index contributed by atoms with van der Waals surface area (Å²) in [6.45, 7) is 0.146. The van der Waals surface area contributed by atoms with Gasteiger partial charge in [0.15, 0.2) is 18.1 Å². The van der Waals surface area contributed by atoms with Crippen LogP contribution < -0.4 is 15.2 Å². The Balaban J connectivity index is 1.80. The first kappa shape index (κ1) is 22.6. The zero-order chi connectivity index (χ0) is 22.2. The van der Waals surface area contributed by atoms with E-state index in [1.807, 2.05) is 35.7 Å². The minimum absolute atomic E-state index is 0.260. The van der Waals surface area contributed by atoms with Crippen molar-refractivity contribution in [3.63, 3.8) is 0 Å². The summed E-state index contributed by atoms with van der Waals surface area (Å²) in [4.78, 5) is 19.1. The van der Waals surface area contributed by atoms with Crippen LogP contribution in [-0.2, 0) is 14.4 Å². The Morgan fingerprint density at radius 3 is 2.74 bits per heavy atom. The summed E-state index contributed by atoms with van der Waals surface area (Å²) >= 11 is 1.58. The van der Waals surface area contributed by atoms with Gasteiger partial charge in [-0.25, -0.2) is 5.01 Å². The van der Waals surface area contributed by atoms with Gasteiger partial charge in [-0.05, 0) is 29.1 Å². The SMILES string of the molecule is COCC/C(N)=N/OCC(=O)N1N=C(c2cccs2)CC1c1ccc(OC)c(OC)c1. The summed E-state index contributed by atoms with van der Waals surface area (Å²) in [6, 6.07) is 9.22. The Morgan fingerprint density at radius 2 is 2.06 bits per heavy atom. The maximum atomic E-state index is 12.9. The number of nitrogens with zero attached hydrogens (tertiary/aromatic N) is 3. The van der Waals surface area contributed by atoms with Crippen LogP contribution in [0.1, 0.15) is 29.3 Å². The molecule has 1 atom stereocenters. The maximum absolute atomic E-state index is 12.9. The highest BCUT2D eigenvalue weighted by atomic mass is 32.1. The lowest BCUT2D eigenvalue weighted by molar-refractivity contribution is -0.138. The average Bonchev–Trinajstić information content (AvgIpc) is 3.47. The highest BCUT2D eigenvalue weighted by Gasteiger charge is 2.34. The molecule has 0 saturated carbocycles. The second-order valence-corrected chi connectivity index (χ2v) is 7.64. The van der Waals surface area contributed by atoms with E-state index in [9.17, 15) is 4.79 Å². The van der Waals surface area contributed by atoms with Crippen molar-refractivity contribution in [1.29, 1.82) is 0 Å². The molecule has 2 heterocycles. The van der Waals surface area contributed by atoms with E-state index in [-0.39, 0.29) is 24.4 Å². The number of nitrogens with two attached hydrogens (primary N) is 1. The molecule has 0 saturated heterocycles. The molecule has 166 valence electrons. The van der Waals surface area contributed by atoms with Gasteiger partial charge in [-0.1, -0.05) is 17.3 Å². The predicted molar refractivity (Wildman–Crippen MR) is 119 cm³/mol. The van der Waals surface area contributed by atoms with Crippen LogP contribution in [0.2, 0.25) is 0 Å². The third kappa shape index (κ3) is 5.53. The van der Waals surface area contributed by atoms with Crippen LogP contribution in [0.3, 0.4) is 0 Å². The fourth-order valence-electron chi connectivity index (χ4n) is 3.14. The van der Waals surface area contributed by atoms with E-state index < -0.39 is 0 Å². The van der Waals surface area contributed by atoms with Crippen LogP contribution in [0, 0.1) is 0 Å². The number of hydrogen-bond acceptors (Lipinski definition) is 8. The van der Waals surface area contributed by atoms with E-state index in [4.69, 9.17) is 24.8 Å². The monoisotopic (exact) mass is 446 g/mol. The molecule has 0 radical (unpaired) electrons. The molecular weight excluding hydrogens is 420 g/mol. The summed E-state index contributed by atoms with van der Waals surface area (Å²) in [5, 5.41) is 11.8. The van der Waals surface area contributed by atoms with Crippen LogP contribution in [0.5, 0.6) is 11.5 Å². The molecule has 3 rings (SSSR count). The number of thiophene rings is 1. The van der Waals surface area contributed by atoms with Crippen molar-refractivity contribution in [2.75, 3.05) is 34.5 Å². The molecule has 1 unspecified atom stereocenters. The van der Waals surface area contributed by atoms with Gasteiger partial charge in [0.1, 0.15) is 5.84 Å². The number of carbonyl (C=O) groups is 1. The fourth-order valence-corrected chi connectivity index (χ4v) is 3.86. The lowest BCUT2D eigenvalue weighted by Crippen LogP contribution is -2.30. The fraction of sp³-hybridized carbons (Fsp3) is 0.381. The molecule has 1 aromatic heterocycles. The van der Waals surface area contributed by atoms with Crippen LogP contribution in [0.25, 0.3) is 0 Å². The molecule has 31 heavy (non-hydrogen) atoms. The first-order chi connectivity index (χ1) is 15.1. The van der Waals surface area contributed by atoms with Crippen molar-refractivity contribution >= 4 is 28.8 Å². The van der Waals surface area contributed by atoms with Gasteiger partial charge in [0.05, 0.1) is 37.5 Å². The van der Waals surface area contributed by atoms with Gasteiger partial charge in [-0.3, -0.25) is 4.79 Å². The minimum Gasteiger partial charge on any atom is -0.493 e. The Kier molecular flexibility index (Phi) is 7.85. The predicted octanol–water partition coefficient (Wildman–Crippen LogP) is 2.77. The van der Waals surface area contributed by atoms with Crippen molar-refractivity contribution < 1.29 is 23.8 Å². The molecule has 0 aliphatic carbocycles. The molecule has 1 aliphatic heterocycles. The first-order valence-corrected chi connectivity index (χ1v) is 10.5. The normalized spacial score (nSPS) is 16.2. The number of ether oxygens (including phenoxy) is 3. The van der Waals surface area contributed by atoms with Crippen LogP contribution in [-0.4, -0.2) is 57.0 Å². The molecule has 0 fully saturated rings. The zero-order valence-electron chi connectivity index (χ0n) is 17.7. The van der Waals surface area contributed by atoms with Gasteiger partial charge < -0.3 is 24.8 Å². The van der Waals surface area contributed by atoms with E-state index in [0.717, 1.165) is 16.2 Å². The van der Waals surface area contributed by atoms with Crippen molar-refractivity contribution in [3.05, 3.63) is 46.2 Å². The molecule has 2 aromatic rings. The number of hydrazone groups is 1. The Morgan fingerprint density at radius 1 is 1.26 bits per heavy atom. The maximum Gasteiger partial charge on any atom is 0.283 e. The van der Waals surface area contributed by atoms with E-state index in [1.165, 1.54) is 5.01 Å². The van der Waals surface area contributed by atoms with E-state index in [1.54, 1.807) is 32.7 Å². The smallest absolute Gasteiger partial charge is 0.283 e. The summed E-state index contributed by atoms with van der Waals surface area (Å²) in [5.74, 6) is 1.14. The topological polar surface area (TPSA) is 108 Å². The average molecular weight is 447 g/mol. The van der Waals surface area contributed by atoms with Crippen molar-refractivity contribution in [2.45, 2.75) is 18.9 Å². The summed E-state index contributed by atoms with van der Waals surface area (Å²) < 4.78 is 15.7. The quantitative estimate of drug-likeness (QED) is 0.342. The second kappa shape index (κ2) is 10.8. The lowest BCUT2D eigenvalue weighted by Gasteiger charge is -2.22. The second-order valence-electron chi connectivity index (χ2n) is 6.70. The lowest BCUT2D eigenvalue weighted by atomic mass is 10.0. The zero-order valence-corrected chi connectivity index (χ0v) is 18.6. The van der Waals surface area contributed by atoms with E-state index in [0.29, 0.717) is 30.9 Å². The Bertz CT molecular complexity index is 945. The molecular formula is C21H26N4O5S. The van der Waals surface area contributed by atoms with Gasteiger partial charge in [0.25, 0.3) is 5.91 Å². The number of benzene rings is 1. The highest BCUT2D eigenvalue weighted by Crippen LogP contribution is 2.37. The molecule has 1 amide bonds. The third-order valence-electron chi connectivity index (χ3n) is 4.70. The standard InChI is InChI=1S/C21H26N4O5S/c1-27-9-8-20(22)24-30-13-21(26)25-16(12-15(23-25)19-5-4-10-31-19)14-6-7-17(28-2)18(11-14)29-3/h4-7,10-11,16H,8-9,12-13H2,1-3H3,(H2,22,24). The number of methoxy groups -OCH3 is 3. The minimum atomic E-state index is -0.324. The largest absolute Gasteiger partial charge is 0.493 e. The van der Waals surface area contributed by atoms with Crippen molar-refractivity contribution in [1.82, 2.24) is 5.01 Å².